The third-order valence-electron chi connectivity index (χ3n) is 6.15. The Morgan fingerprint density at radius 3 is 2.29 bits per heavy atom. The fourth-order valence-corrected chi connectivity index (χ4v) is 4.22. The van der Waals surface area contributed by atoms with Gasteiger partial charge in [0, 0.05) is 31.0 Å². The second kappa shape index (κ2) is 13.7. The van der Waals surface area contributed by atoms with Crippen molar-refractivity contribution in [1.82, 2.24) is 10.2 Å². The minimum absolute atomic E-state index is 0.0583. The van der Waals surface area contributed by atoms with Gasteiger partial charge in [0.05, 0.1) is 0 Å². The zero-order chi connectivity index (χ0) is 25.0. The Bertz CT molecular complexity index is 1080. The van der Waals surface area contributed by atoms with Crippen LogP contribution in [0.25, 0.3) is 0 Å². The molecule has 3 rings (SSSR count). The lowest BCUT2D eigenvalue weighted by atomic mass is 10.0. The van der Waals surface area contributed by atoms with Crippen LogP contribution in [0.3, 0.4) is 0 Å². The van der Waals surface area contributed by atoms with Crippen LogP contribution in [-0.4, -0.2) is 29.3 Å². The van der Waals surface area contributed by atoms with Crippen LogP contribution in [0.1, 0.15) is 48.4 Å². The molecular formula is C30H35ClN2O2. The molecule has 0 spiro atoms. The van der Waals surface area contributed by atoms with Gasteiger partial charge in [0.1, 0.15) is 6.04 Å². The van der Waals surface area contributed by atoms with Crippen LogP contribution >= 0.6 is 11.6 Å². The minimum atomic E-state index is -0.629. The normalized spacial score (nSPS) is 11.6. The SMILES string of the molecule is CCCCNC(=O)[C@H](Cc1ccccc1)N(Cc1ccccc1Cl)C(=O)CCc1ccc(C)cc1. The van der Waals surface area contributed by atoms with Crippen molar-refractivity contribution in [2.75, 3.05) is 6.54 Å². The molecule has 184 valence electrons. The lowest BCUT2D eigenvalue weighted by Crippen LogP contribution is -2.50. The average Bonchev–Trinajstić information content (AvgIpc) is 2.87. The molecule has 0 aliphatic rings. The van der Waals surface area contributed by atoms with Crippen LogP contribution in [0.4, 0.5) is 0 Å². The molecule has 0 saturated heterocycles. The summed E-state index contributed by atoms with van der Waals surface area (Å²) in [5.74, 6) is -0.185. The number of nitrogens with one attached hydrogen (secondary N) is 1. The monoisotopic (exact) mass is 490 g/mol. The smallest absolute Gasteiger partial charge is 0.243 e. The van der Waals surface area contributed by atoms with E-state index in [0.717, 1.165) is 29.5 Å². The Hall–Kier alpha value is -3.11. The van der Waals surface area contributed by atoms with Crippen molar-refractivity contribution in [2.24, 2.45) is 0 Å². The summed E-state index contributed by atoms with van der Waals surface area (Å²) in [7, 11) is 0. The average molecular weight is 491 g/mol. The highest BCUT2D eigenvalue weighted by Crippen LogP contribution is 2.21. The molecule has 35 heavy (non-hydrogen) atoms. The quantitative estimate of drug-likeness (QED) is 0.310. The zero-order valence-corrected chi connectivity index (χ0v) is 21.4. The van der Waals surface area contributed by atoms with E-state index in [4.69, 9.17) is 11.6 Å². The number of aryl methyl sites for hydroxylation is 2. The van der Waals surface area contributed by atoms with Crippen molar-refractivity contribution >= 4 is 23.4 Å². The van der Waals surface area contributed by atoms with E-state index in [1.807, 2.05) is 61.5 Å². The zero-order valence-electron chi connectivity index (χ0n) is 20.7. The summed E-state index contributed by atoms with van der Waals surface area (Å²) in [6, 6.07) is 25.0. The van der Waals surface area contributed by atoms with E-state index in [-0.39, 0.29) is 18.4 Å². The van der Waals surface area contributed by atoms with Crippen LogP contribution in [0, 0.1) is 6.92 Å². The molecule has 3 aromatic rings. The van der Waals surface area contributed by atoms with Crippen molar-refractivity contribution in [3.63, 3.8) is 0 Å². The van der Waals surface area contributed by atoms with E-state index < -0.39 is 6.04 Å². The van der Waals surface area contributed by atoms with E-state index in [1.54, 1.807) is 4.90 Å². The van der Waals surface area contributed by atoms with Crippen LogP contribution in [0.5, 0.6) is 0 Å². The second-order valence-electron chi connectivity index (χ2n) is 8.95. The Morgan fingerprint density at radius 2 is 1.60 bits per heavy atom. The fourth-order valence-electron chi connectivity index (χ4n) is 4.02. The van der Waals surface area contributed by atoms with Gasteiger partial charge >= 0.3 is 0 Å². The number of carbonyl (C=O) groups is 2. The highest BCUT2D eigenvalue weighted by Gasteiger charge is 2.30. The first-order valence-corrected chi connectivity index (χ1v) is 12.8. The van der Waals surface area contributed by atoms with Gasteiger partial charge in [0.25, 0.3) is 0 Å². The van der Waals surface area contributed by atoms with E-state index in [0.29, 0.717) is 30.8 Å². The number of carbonyl (C=O) groups excluding carboxylic acids is 2. The lowest BCUT2D eigenvalue weighted by molar-refractivity contribution is -0.141. The maximum Gasteiger partial charge on any atom is 0.243 e. The Morgan fingerprint density at radius 1 is 0.914 bits per heavy atom. The second-order valence-corrected chi connectivity index (χ2v) is 9.36. The molecule has 0 unspecified atom stereocenters. The van der Waals surface area contributed by atoms with Gasteiger partial charge in [0.2, 0.25) is 11.8 Å². The van der Waals surface area contributed by atoms with Crippen LogP contribution in [-0.2, 0) is 29.0 Å². The summed E-state index contributed by atoms with van der Waals surface area (Å²) in [5.41, 5.74) is 4.14. The van der Waals surface area contributed by atoms with Gasteiger partial charge in [-0.15, -0.1) is 0 Å². The number of unbranched alkanes of at least 4 members (excludes halogenated alkanes) is 1. The molecule has 2 amide bonds. The molecule has 0 fully saturated rings. The highest BCUT2D eigenvalue weighted by atomic mass is 35.5. The molecule has 4 nitrogen and oxygen atoms in total. The molecule has 5 heteroatoms. The van der Waals surface area contributed by atoms with Crippen LogP contribution < -0.4 is 5.32 Å². The largest absolute Gasteiger partial charge is 0.354 e. The summed E-state index contributed by atoms with van der Waals surface area (Å²) in [6.07, 6.45) is 3.27. The number of amides is 2. The summed E-state index contributed by atoms with van der Waals surface area (Å²) in [4.78, 5) is 28.8. The van der Waals surface area contributed by atoms with Gasteiger partial charge in [-0.3, -0.25) is 9.59 Å². The molecular weight excluding hydrogens is 456 g/mol. The fraction of sp³-hybridized carbons (Fsp3) is 0.333. The van der Waals surface area contributed by atoms with Gasteiger partial charge < -0.3 is 10.2 Å². The maximum atomic E-state index is 13.7. The van der Waals surface area contributed by atoms with Gasteiger partial charge in [0.15, 0.2) is 0 Å². The van der Waals surface area contributed by atoms with Crippen LogP contribution in [0.15, 0.2) is 78.9 Å². The molecule has 0 aliphatic heterocycles. The summed E-state index contributed by atoms with van der Waals surface area (Å²) >= 11 is 6.47. The first-order chi connectivity index (χ1) is 17.0. The molecule has 0 aromatic heterocycles. The van der Waals surface area contributed by atoms with Crippen molar-refractivity contribution < 1.29 is 9.59 Å². The highest BCUT2D eigenvalue weighted by molar-refractivity contribution is 6.31. The van der Waals surface area contributed by atoms with E-state index in [2.05, 4.69) is 36.5 Å². The molecule has 1 atom stereocenters. The van der Waals surface area contributed by atoms with Gasteiger partial charge in [-0.2, -0.15) is 0 Å². The molecule has 0 saturated carbocycles. The van der Waals surface area contributed by atoms with Crippen LogP contribution in [0.2, 0.25) is 5.02 Å². The molecule has 0 radical (unpaired) electrons. The van der Waals surface area contributed by atoms with E-state index in [9.17, 15) is 9.59 Å². The summed E-state index contributed by atoms with van der Waals surface area (Å²) in [5, 5.41) is 3.65. The number of nitrogens with zero attached hydrogens (tertiary/aromatic N) is 1. The number of rotatable bonds is 12. The Labute approximate surface area is 214 Å². The van der Waals surface area contributed by atoms with Gasteiger partial charge in [-0.1, -0.05) is 103 Å². The topological polar surface area (TPSA) is 49.4 Å². The van der Waals surface area contributed by atoms with Gasteiger partial charge in [-0.05, 0) is 42.5 Å². The summed E-state index contributed by atoms with van der Waals surface area (Å²) < 4.78 is 0. The molecule has 0 aliphatic carbocycles. The van der Waals surface area contributed by atoms with E-state index >= 15 is 0 Å². The first kappa shape index (κ1) is 26.5. The minimum Gasteiger partial charge on any atom is -0.354 e. The Kier molecular flexibility index (Phi) is 10.4. The molecule has 3 aromatic carbocycles. The van der Waals surface area contributed by atoms with E-state index in [1.165, 1.54) is 5.56 Å². The predicted octanol–water partition coefficient (Wildman–Crippen LogP) is 6.14. The number of hydrogen-bond donors (Lipinski definition) is 1. The van der Waals surface area contributed by atoms with Crippen molar-refractivity contribution in [3.05, 3.63) is 106 Å². The maximum absolute atomic E-state index is 13.7. The first-order valence-electron chi connectivity index (χ1n) is 12.4. The van der Waals surface area contributed by atoms with Crippen molar-refractivity contribution in [2.45, 2.75) is 58.5 Å². The lowest BCUT2D eigenvalue weighted by Gasteiger charge is -2.32. The third-order valence-corrected chi connectivity index (χ3v) is 6.52. The molecule has 0 bridgehead atoms. The van der Waals surface area contributed by atoms with Gasteiger partial charge in [-0.25, -0.2) is 0 Å². The van der Waals surface area contributed by atoms with Crippen molar-refractivity contribution in [1.29, 1.82) is 0 Å². The summed E-state index contributed by atoms with van der Waals surface area (Å²) in [6.45, 7) is 5.01. The predicted molar refractivity (Wildman–Crippen MR) is 143 cm³/mol. The standard InChI is InChI=1S/C30H35ClN2O2/c1-3-4-20-32-30(35)28(21-25-10-6-5-7-11-25)33(22-26-12-8-9-13-27(26)31)29(34)19-18-24-16-14-23(2)15-17-24/h5-17,28H,3-4,18-22H2,1-2H3,(H,32,35)/t28-/m0/s1. The number of halogens is 1. The third kappa shape index (κ3) is 8.25. The Balaban J connectivity index is 1.88. The molecule has 1 N–H and O–H groups in total. The molecule has 0 heterocycles. The number of benzene rings is 3. The van der Waals surface area contributed by atoms with Crippen molar-refractivity contribution in [3.8, 4) is 0 Å². The number of hydrogen-bond acceptors (Lipinski definition) is 2.